The van der Waals surface area contributed by atoms with Gasteiger partial charge in [0.2, 0.25) is 0 Å². The molecule has 2 nitrogen and oxygen atoms in total. The lowest BCUT2D eigenvalue weighted by atomic mass is 9.83. The van der Waals surface area contributed by atoms with Gasteiger partial charge < -0.3 is 0 Å². The molecule has 0 bridgehead atoms. The highest BCUT2D eigenvalue weighted by Crippen LogP contribution is 2.44. The summed E-state index contributed by atoms with van der Waals surface area (Å²) in [4.78, 5) is 5.31. The lowest BCUT2D eigenvalue weighted by Gasteiger charge is -2.27. The Balaban J connectivity index is 1.64. The summed E-state index contributed by atoms with van der Waals surface area (Å²) in [5.41, 5.74) is 8.15. The van der Waals surface area contributed by atoms with Crippen LogP contribution < -0.4 is 0 Å². The first-order chi connectivity index (χ1) is 18.5. The molecule has 0 aliphatic rings. The summed E-state index contributed by atoms with van der Waals surface area (Å²) in [7, 11) is 0. The fourth-order valence-corrected chi connectivity index (χ4v) is 6.81. The first-order valence-corrected chi connectivity index (χ1v) is 13.9. The maximum Gasteiger partial charge on any atom is 0.147 e. The van der Waals surface area contributed by atoms with E-state index in [1.807, 2.05) is 11.3 Å². The summed E-state index contributed by atoms with van der Waals surface area (Å²) in [6.07, 6.45) is 0. The molecule has 3 heteroatoms. The number of rotatable bonds is 3. The molecule has 0 fully saturated rings. The zero-order valence-corrected chi connectivity index (χ0v) is 22.6. The summed E-state index contributed by atoms with van der Waals surface area (Å²) in [5, 5.41) is 2.59. The van der Waals surface area contributed by atoms with E-state index >= 15 is 0 Å². The fourth-order valence-electron chi connectivity index (χ4n) is 5.60. The molecule has 0 spiro atoms. The minimum absolute atomic E-state index is 0.0631. The average molecular weight is 509 g/mol. The molecule has 0 unspecified atom stereocenters. The zero-order chi connectivity index (χ0) is 25.9. The van der Waals surface area contributed by atoms with Crippen LogP contribution in [0.4, 0.5) is 0 Å². The van der Waals surface area contributed by atoms with Gasteiger partial charge in [-0.25, -0.2) is 4.98 Å². The van der Waals surface area contributed by atoms with E-state index in [1.54, 1.807) is 0 Å². The predicted molar refractivity (Wildman–Crippen MR) is 164 cm³/mol. The lowest BCUT2D eigenvalue weighted by Crippen LogP contribution is -2.16. The molecule has 7 rings (SSSR count). The van der Waals surface area contributed by atoms with Crippen LogP contribution in [0.2, 0.25) is 0 Å². The molecule has 184 valence electrons. The number of nitrogens with zero attached hydrogens (tertiary/aromatic N) is 2. The Morgan fingerprint density at radius 2 is 1.32 bits per heavy atom. The lowest BCUT2D eigenvalue weighted by molar-refractivity contribution is 0.587. The standard InChI is InChI=1S/C35H28N2S/c1-35(2,3)28-19-12-16-24(23-13-5-4-6-14-23)32(28)37-30-21-9-8-20-29(30)36-34(37)27-18-11-17-26-25-15-7-10-22-31(25)38-33(26)27/h4-22H,1-3H3. The van der Waals surface area contributed by atoms with Crippen molar-refractivity contribution in [2.24, 2.45) is 0 Å². The van der Waals surface area contributed by atoms with Gasteiger partial charge in [0.05, 0.1) is 16.7 Å². The van der Waals surface area contributed by atoms with Gasteiger partial charge in [-0.3, -0.25) is 4.57 Å². The molecule has 0 saturated carbocycles. The molecule has 2 aromatic heterocycles. The van der Waals surface area contributed by atoms with Crippen LogP contribution in [0.3, 0.4) is 0 Å². The van der Waals surface area contributed by atoms with E-state index < -0.39 is 0 Å². The van der Waals surface area contributed by atoms with Crippen molar-refractivity contribution in [3.8, 4) is 28.2 Å². The zero-order valence-electron chi connectivity index (χ0n) is 21.8. The quantitative estimate of drug-likeness (QED) is 0.232. The normalized spacial score (nSPS) is 12.1. The Labute approximate surface area is 226 Å². The molecule has 0 aliphatic heterocycles. The third-order valence-electron chi connectivity index (χ3n) is 7.36. The van der Waals surface area contributed by atoms with E-state index in [2.05, 4.69) is 141 Å². The molecule has 0 radical (unpaired) electrons. The highest BCUT2D eigenvalue weighted by Gasteiger charge is 2.26. The Morgan fingerprint density at radius 1 is 0.632 bits per heavy atom. The molecule has 0 amide bonds. The smallest absolute Gasteiger partial charge is 0.147 e. The van der Waals surface area contributed by atoms with Crippen LogP contribution in [0.5, 0.6) is 0 Å². The summed E-state index contributed by atoms with van der Waals surface area (Å²) in [6.45, 7) is 6.89. The highest BCUT2D eigenvalue weighted by atomic mass is 32.1. The van der Waals surface area contributed by atoms with Crippen molar-refractivity contribution < 1.29 is 0 Å². The Kier molecular flexibility index (Phi) is 5.24. The molecule has 0 N–H and O–H groups in total. The van der Waals surface area contributed by atoms with Crippen molar-refractivity contribution in [3.63, 3.8) is 0 Å². The second-order valence-electron chi connectivity index (χ2n) is 10.9. The molecule has 0 saturated heterocycles. The van der Waals surface area contributed by atoms with Crippen LogP contribution in [0, 0.1) is 0 Å². The minimum Gasteiger partial charge on any atom is -0.291 e. The third-order valence-corrected chi connectivity index (χ3v) is 8.58. The summed E-state index contributed by atoms with van der Waals surface area (Å²) in [6, 6.07) is 41.3. The highest BCUT2D eigenvalue weighted by molar-refractivity contribution is 7.26. The molecule has 0 atom stereocenters. The van der Waals surface area contributed by atoms with Crippen LogP contribution >= 0.6 is 11.3 Å². The van der Waals surface area contributed by atoms with Crippen molar-refractivity contribution in [2.75, 3.05) is 0 Å². The number of para-hydroxylation sites is 3. The topological polar surface area (TPSA) is 17.8 Å². The summed E-state index contributed by atoms with van der Waals surface area (Å²) in [5.74, 6) is 0.984. The van der Waals surface area contributed by atoms with Gasteiger partial charge in [-0.2, -0.15) is 0 Å². The first-order valence-electron chi connectivity index (χ1n) is 13.1. The van der Waals surface area contributed by atoms with Gasteiger partial charge in [0.25, 0.3) is 0 Å². The second kappa shape index (κ2) is 8.68. The summed E-state index contributed by atoms with van der Waals surface area (Å²) < 4.78 is 5.00. The minimum atomic E-state index is -0.0631. The van der Waals surface area contributed by atoms with E-state index in [0.29, 0.717) is 0 Å². The van der Waals surface area contributed by atoms with Crippen molar-refractivity contribution in [1.82, 2.24) is 9.55 Å². The number of hydrogen-bond acceptors (Lipinski definition) is 2. The summed E-state index contributed by atoms with van der Waals surface area (Å²) >= 11 is 1.85. The van der Waals surface area contributed by atoms with Gasteiger partial charge in [0.1, 0.15) is 5.82 Å². The van der Waals surface area contributed by atoms with Gasteiger partial charge in [0, 0.05) is 31.3 Å². The molecule has 0 aliphatic carbocycles. The van der Waals surface area contributed by atoms with E-state index in [1.165, 1.54) is 48.1 Å². The number of benzene rings is 5. The Morgan fingerprint density at radius 3 is 2.16 bits per heavy atom. The van der Waals surface area contributed by atoms with E-state index in [0.717, 1.165) is 16.9 Å². The molecule has 5 aromatic carbocycles. The van der Waals surface area contributed by atoms with Gasteiger partial charge >= 0.3 is 0 Å². The first kappa shape index (κ1) is 22.9. The molecule has 2 heterocycles. The SMILES string of the molecule is CC(C)(C)c1cccc(-c2ccccc2)c1-n1c(-c2cccc3c2sc2ccccc23)nc2ccccc21. The van der Waals surface area contributed by atoms with E-state index in [4.69, 9.17) is 4.98 Å². The molecular weight excluding hydrogens is 480 g/mol. The van der Waals surface area contributed by atoms with Crippen LogP contribution in [-0.4, -0.2) is 9.55 Å². The van der Waals surface area contributed by atoms with Crippen molar-refractivity contribution >= 4 is 42.5 Å². The third kappa shape index (κ3) is 3.58. The van der Waals surface area contributed by atoms with Crippen LogP contribution in [0.1, 0.15) is 26.3 Å². The van der Waals surface area contributed by atoms with Crippen molar-refractivity contribution in [1.29, 1.82) is 0 Å². The monoisotopic (exact) mass is 508 g/mol. The fraction of sp³-hybridized carbons (Fsp3) is 0.114. The Hall–Kier alpha value is -4.21. The number of fused-ring (bicyclic) bond motifs is 4. The second-order valence-corrected chi connectivity index (χ2v) is 11.9. The van der Waals surface area contributed by atoms with Gasteiger partial charge in [-0.15, -0.1) is 11.3 Å². The average Bonchev–Trinajstić information content (AvgIpc) is 3.51. The number of hydrogen-bond donors (Lipinski definition) is 0. The van der Waals surface area contributed by atoms with Gasteiger partial charge in [-0.05, 0) is 40.8 Å². The van der Waals surface area contributed by atoms with Gasteiger partial charge in [-0.1, -0.05) is 112 Å². The number of thiophene rings is 1. The van der Waals surface area contributed by atoms with Crippen LogP contribution in [-0.2, 0) is 5.41 Å². The van der Waals surface area contributed by atoms with Crippen molar-refractivity contribution in [2.45, 2.75) is 26.2 Å². The molecule has 7 aromatic rings. The van der Waals surface area contributed by atoms with E-state index in [9.17, 15) is 0 Å². The largest absolute Gasteiger partial charge is 0.291 e. The number of imidazole rings is 1. The van der Waals surface area contributed by atoms with Crippen LogP contribution in [0.25, 0.3) is 59.4 Å². The number of aromatic nitrogens is 2. The Bertz CT molecular complexity index is 1950. The predicted octanol–water partition coefficient (Wildman–Crippen LogP) is 10.0. The van der Waals surface area contributed by atoms with Gasteiger partial charge in [0.15, 0.2) is 0 Å². The maximum absolute atomic E-state index is 5.31. The van der Waals surface area contributed by atoms with Crippen LogP contribution in [0.15, 0.2) is 115 Å². The van der Waals surface area contributed by atoms with E-state index in [-0.39, 0.29) is 5.41 Å². The van der Waals surface area contributed by atoms with Crippen molar-refractivity contribution in [3.05, 3.63) is 121 Å². The maximum atomic E-state index is 5.31. The molecular formula is C35H28N2S. The molecule has 38 heavy (non-hydrogen) atoms.